The van der Waals surface area contributed by atoms with Gasteiger partial charge in [0.25, 0.3) is 0 Å². The number of aliphatic hydroxyl groups excluding tert-OH is 1. The van der Waals surface area contributed by atoms with Crippen molar-refractivity contribution in [1.82, 2.24) is 0 Å². The number of benzene rings is 3. The molecule has 3 nitrogen and oxygen atoms in total. The highest BCUT2D eigenvalue weighted by atomic mass is 16.3. The summed E-state index contributed by atoms with van der Waals surface area (Å²) in [7, 11) is 0. The van der Waals surface area contributed by atoms with Gasteiger partial charge >= 0.3 is 0 Å². The molecule has 0 amide bonds. The maximum atomic E-state index is 12.7. The molecule has 1 unspecified atom stereocenters. The van der Waals surface area contributed by atoms with Gasteiger partial charge in [0.2, 0.25) is 0 Å². The summed E-state index contributed by atoms with van der Waals surface area (Å²) in [6.45, 7) is 0. The second-order valence-electron chi connectivity index (χ2n) is 5.27. The molecule has 0 aliphatic carbocycles. The van der Waals surface area contributed by atoms with Crippen LogP contribution >= 0.6 is 0 Å². The van der Waals surface area contributed by atoms with Gasteiger partial charge < -0.3 is 10.2 Å². The van der Waals surface area contributed by atoms with Crippen LogP contribution in [0.1, 0.15) is 22.0 Å². The van der Waals surface area contributed by atoms with Crippen LogP contribution in [0.4, 0.5) is 0 Å². The van der Waals surface area contributed by atoms with Crippen LogP contribution in [0.3, 0.4) is 0 Å². The van der Waals surface area contributed by atoms with E-state index in [1.807, 2.05) is 36.4 Å². The van der Waals surface area contributed by atoms with E-state index in [-0.39, 0.29) is 5.75 Å². The number of phenols is 1. The Morgan fingerprint density at radius 1 is 0.826 bits per heavy atom. The van der Waals surface area contributed by atoms with E-state index < -0.39 is 11.9 Å². The molecular formula is C20H16O3. The van der Waals surface area contributed by atoms with E-state index in [0.29, 0.717) is 16.7 Å². The Hall–Kier alpha value is -2.91. The lowest BCUT2D eigenvalue weighted by atomic mass is 9.92. The number of hydrogen-bond acceptors (Lipinski definition) is 3. The highest BCUT2D eigenvalue weighted by Gasteiger charge is 2.22. The van der Waals surface area contributed by atoms with Crippen molar-refractivity contribution in [1.29, 1.82) is 0 Å². The van der Waals surface area contributed by atoms with Gasteiger partial charge in [0, 0.05) is 5.56 Å². The van der Waals surface area contributed by atoms with Gasteiger partial charge in [-0.25, -0.2) is 0 Å². The van der Waals surface area contributed by atoms with Crippen LogP contribution < -0.4 is 0 Å². The van der Waals surface area contributed by atoms with Crippen molar-refractivity contribution in [3.8, 4) is 16.9 Å². The summed E-state index contributed by atoms with van der Waals surface area (Å²) in [6.07, 6.45) is -1.23. The number of carbonyl (C=O) groups excluding carboxylic acids is 1. The third kappa shape index (κ3) is 3.15. The first kappa shape index (κ1) is 15.0. The molecule has 2 N–H and O–H groups in total. The molecule has 1 atom stereocenters. The fraction of sp³-hybridized carbons (Fsp3) is 0.0500. The summed E-state index contributed by atoms with van der Waals surface area (Å²) < 4.78 is 0. The molecule has 23 heavy (non-hydrogen) atoms. The van der Waals surface area contributed by atoms with E-state index in [4.69, 9.17) is 0 Å². The van der Waals surface area contributed by atoms with Crippen LogP contribution in [-0.2, 0) is 0 Å². The SMILES string of the molecule is O=C(c1ccc(O)cc1-c1ccccc1)C(O)c1ccccc1. The molecule has 3 heteroatoms. The first-order valence-corrected chi connectivity index (χ1v) is 7.32. The van der Waals surface area contributed by atoms with E-state index >= 15 is 0 Å². The Bertz CT molecular complexity index is 811. The van der Waals surface area contributed by atoms with Crippen molar-refractivity contribution >= 4 is 5.78 Å². The van der Waals surface area contributed by atoms with Gasteiger partial charge in [-0.3, -0.25) is 4.79 Å². The Labute approximate surface area is 134 Å². The number of ketones is 1. The van der Waals surface area contributed by atoms with Gasteiger partial charge in [0.15, 0.2) is 5.78 Å². The standard InChI is InChI=1S/C20H16O3/c21-16-11-12-17(18(13-16)14-7-3-1-4-8-14)20(23)19(22)15-9-5-2-6-10-15/h1-13,19,21-22H. The number of rotatable bonds is 4. The average molecular weight is 304 g/mol. The monoisotopic (exact) mass is 304 g/mol. The van der Waals surface area contributed by atoms with Gasteiger partial charge in [-0.15, -0.1) is 0 Å². The number of aromatic hydroxyl groups is 1. The van der Waals surface area contributed by atoms with Gasteiger partial charge in [-0.05, 0) is 34.9 Å². The van der Waals surface area contributed by atoms with Gasteiger partial charge in [-0.2, -0.15) is 0 Å². The fourth-order valence-electron chi connectivity index (χ4n) is 2.54. The summed E-state index contributed by atoms with van der Waals surface area (Å²) in [6, 6.07) is 22.7. The maximum absolute atomic E-state index is 12.7. The number of aliphatic hydroxyl groups is 1. The second kappa shape index (κ2) is 6.46. The smallest absolute Gasteiger partial charge is 0.196 e. The van der Waals surface area contributed by atoms with E-state index in [9.17, 15) is 15.0 Å². The van der Waals surface area contributed by atoms with Gasteiger partial charge in [-0.1, -0.05) is 60.7 Å². The molecule has 0 aliphatic heterocycles. The zero-order valence-electron chi connectivity index (χ0n) is 12.4. The highest BCUT2D eigenvalue weighted by molar-refractivity contribution is 6.05. The molecule has 0 saturated heterocycles. The molecule has 3 rings (SSSR count). The van der Waals surface area contributed by atoms with Gasteiger partial charge in [0.1, 0.15) is 11.9 Å². The van der Waals surface area contributed by atoms with Crippen LogP contribution in [0, 0.1) is 0 Å². The average Bonchev–Trinajstić information content (AvgIpc) is 2.62. The molecule has 3 aromatic rings. The predicted octanol–water partition coefficient (Wildman–Crippen LogP) is 3.98. The molecule has 0 bridgehead atoms. The van der Waals surface area contributed by atoms with E-state index in [0.717, 1.165) is 5.56 Å². The number of phenolic OH excluding ortho intramolecular Hbond substituents is 1. The topological polar surface area (TPSA) is 57.5 Å². The lowest BCUT2D eigenvalue weighted by Gasteiger charge is -2.14. The summed E-state index contributed by atoms with van der Waals surface area (Å²) in [5, 5.41) is 20.1. The summed E-state index contributed by atoms with van der Waals surface area (Å²) in [5.74, 6) is -0.315. The van der Waals surface area contributed by atoms with Crippen LogP contribution in [-0.4, -0.2) is 16.0 Å². The number of carbonyl (C=O) groups is 1. The Kier molecular flexibility index (Phi) is 4.22. The van der Waals surface area contributed by atoms with Crippen LogP contribution in [0.25, 0.3) is 11.1 Å². The zero-order chi connectivity index (χ0) is 16.2. The highest BCUT2D eigenvalue weighted by Crippen LogP contribution is 2.30. The first-order valence-electron chi connectivity index (χ1n) is 7.32. The normalized spacial score (nSPS) is 11.9. The molecule has 0 aliphatic rings. The molecule has 114 valence electrons. The minimum Gasteiger partial charge on any atom is -0.508 e. The molecular weight excluding hydrogens is 288 g/mol. The van der Waals surface area contributed by atoms with Crippen molar-refractivity contribution in [2.24, 2.45) is 0 Å². The van der Waals surface area contributed by atoms with Crippen molar-refractivity contribution < 1.29 is 15.0 Å². The van der Waals surface area contributed by atoms with Crippen molar-refractivity contribution in [3.63, 3.8) is 0 Å². The summed E-state index contributed by atoms with van der Waals surface area (Å²) in [4.78, 5) is 12.7. The van der Waals surface area contributed by atoms with E-state index in [2.05, 4.69) is 0 Å². The lowest BCUT2D eigenvalue weighted by molar-refractivity contribution is 0.0748. The second-order valence-corrected chi connectivity index (χ2v) is 5.27. The minimum absolute atomic E-state index is 0.0783. The minimum atomic E-state index is -1.23. The molecule has 0 radical (unpaired) electrons. The molecule has 0 saturated carbocycles. The maximum Gasteiger partial charge on any atom is 0.196 e. The Morgan fingerprint density at radius 3 is 2.09 bits per heavy atom. The lowest BCUT2D eigenvalue weighted by Crippen LogP contribution is -2.13. The zero-order valence-corrected chi connectivity index (χ0v) is 12.4. The largest absolute Gasteiger partial charge is 0.508 e. The van der Waals surface area contributed by atoms with Crippen LogP contribution in [0.2, 0.25) is 0 Å². The molecule has 0 fully saturated rings. The van der Waals surface area contributed by atoms with Crippen molar-refractivity contribution in [3.05, 3.63) is 90.0 Å². The first-order chi connectivity index (χ1) is 11.2. The number of hydrogen-bond donors (Lipinski definition) is 2. The quantitative estimate of drug-likeness (QED) is 0.717. The van der Waals surface area contributed by atoms with Crippen LogP contribution in [0.5, 0.6) is 5.75 Å². The summed E-state index contributed by atoms with van der Waals surface area (Å²) >= 11 is 0. The van der Waals surface area contributed by atoms with Crippen molar-refractivity contribution in [2.75, 3.05) is 0 Å². The van der Waals surface area contributed by atoms with Crippen LogP contribution in [0.15, 0.2) is 78.9 Å². The number of Topliss-reactive ketones (excluding diaryl/α,β-unsaturated/α-hetero) is 1. The molecule has 0 aromatic heterocycles. The summed E-state index contributed by atoms with van der Waals surface area (Å²) in [5.41, 5.74) is 2.34. The predicted molar refractivity (Wildman–Crippen MR) is 89.3 cm³/mol. The third-order valence-electron chi connectivity index (χ3n) is 3.72. The molecule has 3 aromatic carbocycles. The third-order valence-corrected chi connectivity index (χ3v) is 3.72. The van der Waals surface area contributed by atoms with E-state index in [1.165, 1.54) is 6.07 Å². The Morgan fingerprint density at radius 2 is 1.43 bits per heavy atom. The molecule has 0 heterocycles. The van der Waals surface area contributed by atoms with E-state index in [1.54, 1.807) is 36.4 Å². The van der Waals surface area contributed by atoms with Gasteiger partial charge in [0.05, 0.1) is 0 Å². The molecule has 0 spiro atoms. The van der Waals surface area contributed by atoms with Crippen molar-refractivity contribution in [2.45, 2.75) is 6.10 Å². The fourth-order valence-corrected chi connectivity index (χ4v) is 2.54. The Balaban J connectivity index is 2.05.